The molecular formula is C9H8O4Y2. The molecule has 0 atom stereocenters. The molecule has 0 saturated heterocycles. The fraction of sp³-hybridized carbons (Fsp3) is 0.111. The zero-order valence-electron chi connectivity index (χ0n) is 8.10. The fourth-order valence-electron chi connectivity index (χ4n) is 1.03. The third-order valence-corrected chi connectivity index (χ3v) is 1.57. The minimum atomic E-state index is -1.12. The van der Waals surface area contributed by atoms with Crippen molar-refractivity contribution in [1.82, 2.24) is 0 Å². The van der Waals surface area contributed by atoms with Gasteiger partial charge in [0.1, 0.15) is 0 Å². The summed E-state index contributed by atoms with van der Waals surface area (Å²) in [7, 11) is 0. The van der Waals surface area contributed by atoms with Gasteiger partial charge in [0.2, 0.25) is 0 Å². The van der Waals surface area contributed by atoms with Crippen LogP contribution in [0.5, 0.6) is 0 Å². The first kappa shape index (κ1) is 17.8. The Bertz CT molecular complexity index is 344. The molecule has 1 aromatic carbocycles. The molecule has 0 bridgehead atoms. The molecular weight excluding hydrogens is 350 g/mol. The first-order chi connectivity index (χ1) is 6.00. The van der Waals surface area contributed by atoms with Crippen molar-refractivity contribution in [2.45, 2.75) is 6.92 Å². The van der Waals surface area contributed by atoms with Gasteiger partial charge >= 0.3 is 11.9 Å². The van der Waals surface area contributed by atoms with Crippen LogP contribution in [0.2, 0.25) is 0 Å². The summed E-state index contributed by atoms with van der Waals surface area (Å²) in [4.78, 5) is 21.1. The topological polar surface area (TPSA) is 74.6 Å². The van der Waals surface area contributed by atoms with Crippen LogP contribution in [0.1, 0.15) is 26.3 Å². The minimum absolute atomic E-state index is 0. The maximum absolute atomic E-state index is 10.5. The van der Waals surface area contributed by atoms with Gasteiger partial charge in [0, 0.05) is 65.4 Å². The Labute approximate surface area is 137 Å². The summed E-state index contributed by atoms with van der Waals surface area (Å²) >= 11 is 0. The summed E-state index contributed by atoms with van der Waals surface area (Å²) in [5, 5.41) is 17.2. The molecule has 0 saturated carbocycles. The Kier molecular flexibility index (Phi) is 9.01. The maximum atomic E-state index is 10.5. The molecule has 4 nitrogen and oxygen atoms in total. The van der Waals surface area contributed by atoms with E-state index in [0.29, 0.717) is 5.56 Å². The van der Waals surface area contributed by atoms with E-state index in [4.69, 9.17) is 10.2 Å². The molecule has 74 valence electrons. The second-order valence-corrected chi connectivity index (χ2v) is 2.70. The quantitative estimate of drug-likeness (QED) is 0.838. The Balaban J connectivity index is 0. The van der Waals surface area contributed by atoms with Crippen molar-refractivity contribution >= 4 is 11.9 Å². The van der Waals surface area contributed by atoms with E-state index in [-0.39, 0.29) is 76.5 Å². The van der Waals surface area contributed by atoms with Crippen LogP contribution >= 0.6 is 0 Å². The number of aromatic carboxylic acids is 2. The van der Waals surface area contributed by atoms with Crippen LogP contribution in [0.25, 0.3) is 0 Å². The summed E-state index contributed by atoms with van der Waals surface area (Å²) in [6.07, 6.45) is 0. The standard InChI is InChI=1S/C9H8O4.2Y/c1-5-2-6(8(10)11)4-7(3-5)9(12)13;;/h2-4H,1H3,(H,10,11)(H,12,13);;. The maximum Gasteiger partial charge on any atom is 0.335 e. The van der Waals surface area contributed by atoms with Gasteiger partial charge in [0.15, 0.2) is 0 Å². The fourth-order valence-corrected chi connectivity index (χ4v) is 1.03. The third kappa shape index (κ3) is 5.30. The van der Waals surface area contributed by atoms with Gasteiger partial charge in [-0.15, -0.1) is 0 Å². The van der Waals surface area contributed by atoms with Crippen molar-refractivity contribution in [3.63, 3.8) is 0 Å². The SMILES string of the molecule is Cc1cc(C(=O)O)cc(C(=O)O)c1.[Y].[Y]. The van der Waals surface area contributed by atoms with Crippen LogP contribution < -0.4 is 0 Å². The number of carboxylic acids is 2. The predicted octanol–water partition coefficient (Wildman–Crippen LogP) is 1.39. The van der Waals surface area contributed by atoms with Crippen LogP contribution in [0.4, 0.5) is 0 Å². The van der Waals surface area contributed by atoms with E-state index in [1.54, 1.807) is 6.92 Å². The summed E-state index contributed by atoms with van der Waals surface area (Å²) < 4.78 is 0. The molecule has 6 heteroatoms. The summed E-state index contributed by atoms with van der Waals surface area (Å²) in [6.45, 7) is 1.65. The van der Waals surface area contributed by atoms with E-state index >= 15 is 0 Å². The van der Waals surface area contributed by atoms with Crippen LogP contribution in [-0.4, -0.2) is 22.2 Å². The Morgan fingerprint density at radius 1 is 0.933 bits per heavy atom. The Morgan fingerprint density at radius 2 is 1.27 bits per heavy atom. The van der Waals surface area contributed by atoms with E-state index in [9.17, 15) is 9.59 Å². The van der Waals surface area contributed by atoms with E-state index < -0.39 is 11.9 Å². The largest absolute Gasteiger partial charge is 0.478 e. The number of carboxylic acid groups (broad SMARTS) is 2. The molecule has 0 amide bonds. The molecule has 0 aliphatic rings. The molecule has 15 heavy (non-hydrogen) atoms. The monoisotopic (exact) mass is 358 g/mol. The normalized spacial score (nSPS) is 8.33. The molecule has 0 heterocycles. The van der Waals surface area contributed by atoms with Crippen LogP contribution in [-0.2, 0) is 65.4 Å². The number of hydrogen-bond donors (Lipinski definition) is 2. The van der Waals surface area contributed by atoms with Gasteiger partial charge in [-0.05, 0) is 30.7 Å². The third-order valence-electron chi connectivity index (χ3n) is 1.57. The van der Waals surface area contributed by atoms with Crippen molar-refractivity contribution in [2.24, 2.45) is 0 Å². The molecule has 1 rings (SSSR count). The van der Waals surface area contributed by atoms with Gasteiger partial charge in [-0.25, -0.2) is 9.59 Å². The summed E-state index contributed by atoms with van der Waals surface area (Å²) in [5.74, 6) is -2.24. The van der Waals surface area contributed by atoms with E-state index in [1.165, 1.54) is 12.1 Å². The number of aryl methyl sites for hydroxylation is 1. The van der Waals surface area contributed by atoms with Crippen molar-refractivity contribution in [1.29, 1.82) is 0 Å². The van der Waals surface area contributed by atoms with Crippen molar-refractivity contribution in [2.75, 3.05) is 0 Å². The van der Waals surface area contributed by atoms with Gasteiger partial charge in [-0.2, -0.15) is 0 Å². The number of carbonyl (C=O) groups is 2. The van der Waals surface area contributed by atoms with Crippen molar-refractivity contribution < 1.29 is 85.2 Å². The second kappa shape index (κ2) is 7.61. The van der Waals surface area contributed by atoms with E-state index in [0.717, 1.165) is 6.07 Å². The molecule has 0 aromatic heterocycles. The smallest absolute Gasteiger partial charge is 0.335 e. The van der Waals surface area contributed by atoms with Crippen molar-refractivity contribution in [3.8, 4) is 0 Å². The minimum Gasteiger partial charge on any atom is -0.478 e. The number of benzene rings is 1. The molecule has 0 aliphatic heterocycles. The van der Waals surface area contributed by atoms with E-state index in [1.807, 2.05) is 0 Å². The van der Waals surface area contributed by atoms with Gasteiger partial charge in [-0.1, -0.05) is 0 Å². The van der Waals surface area contributed by atoms with Crippen LogP contribution in [0.3, 0.4) is 0 Å². The molecule has 2 radical (unpaired) electrons. The first-order valence-corrected chi connectivity index (χ1v) is 3.59. The zero-order chi connectivity index (χ0) is 10.0. The van der Waals surface area contributed by atoms with E-state index in [2.05, 4.69) is 0 Å². The molecule has 2 N–H and O–H groups in total. The Hall–Kier alpha value is 0.368. The van der Waals surface area contributed by atoms with Crippen molar-refractivity contribution in [3.05, 3.63) is 34.9 Å². The molecule has 0 fully saturated rings. The predicted molar refractivity (Wildman–Crippen MR) is 45.1 cm³/mol. The number of rotatable bonds is 2. The van der Waals surface area contributed by atoms with Gasteiger partial charge in [0.05, 0.1) is 11.1 Å². The Morgan fingerprint density at radius 3 is 1.53 bits per heavy atom. The van der Waals surface area contributed by atoms with Gasteiger partial charge in [-0.3, -0.25) is 0 Å². The average Bonchev–Trinajstić information content (AvgIpc) is 2.03. The molecule has 0 aliphatic carbocycles. The van der Waals surface area contributed by atoms with Gasteiger partial charge < -0.3 is 10.2 Å². The second-order valence-electron chi connectivity index (χ2n) is 2.70. The molecule has 1 aromatic rings. The molecule has 0 spiro atoms. The molecule has 0 unspecified atom stereocenters. The number of hydrogen-bond acceptors (Lipinski definition) is 2. The summed E-state index contributed by atoms with van der Waals surface area (Å²) in [5.41, 5.74) is 0.618. The first-order valence-electron chi connectivity index (χ1n) is 3.59. The van der Waals surface area contributed by atoms with Crippen LogP contribution in [0.15, 0.2) is 18.2 Å². The summed E-state index contributed by atoms with van der Waals surface area (Å²) in [6, 6.07) is 3.99. The zero-order valence-corrected chi connectivity index (χ0v) is 13.8. The average molecular weight is 358 g/mol. The van der Waals surface area contributed by atoms with Crippen LogP contribution in [0, 0.1) is 6.92 Å². The van der Waals surface area contributed by atoms with Gasteiger partial charge in [0.25, 0.3) is 0 Å².